The SMILES string of the molecule is Cc1cc(C)nc(Nc2cc(C)nc(C3CCCN(C(=O)CN)C3)n2)n1. The number of aryl methyl sites for hydroxylation is 3. The van der Waals surface area contributed by atoms with E-state index < -0.39 is 0 Å². The third-order valence-corrected chi connectivity index (χ3v) is 4.41. The maximum atomic E-state index is 11.9. The third-order valence-electron chi connectivity index (χ3n) is 4.41. The highest BCUT2D eigenvalue weighted by Gasteiger charge is 2.26. The van der Waals surface area contributed by atoms with Gasteiger partial charge in [0.05, 0.1) is 6.54 Å². The van der Waals surface area contributed by atoms with Gasteiger partial charge in [0.25, 0.3) is 0 Å². The fourth-order valence-corrected chi connectivity index (χ4v) is 3.28. The van der Waals surface area contributed by atoms with Gasteiger partial charge in [-0.3, -0.25) is 4.79 Å². The molecule has 8 heteroatoms. The van der Waals surface area contributed by atoms with E-state index in [1.54, 1.807) is 4.90 Å². The zero-order valence-electron chi connectivity index (χ0n) is 15.5. The Hall–Kier alpha value is -2.61. The van der Waals surface area contributed by atoms with Gasteiger partial charge in [-0.25, -0.2) is 19.9 Å². The van der Waals surface area contributed by atoms with Crippen molar-refractivity contribution in [3.8, 4) is 0 Å². The lowest BCUT2D eigenvalue weighted by molar-refractivity contribution is -0.130. The number of carbonyl (C=O) groups excluding carboxylic acids is 1. The van der Waals surface area contributed by atoms with Crippen LogP contribution in [-0.4, -0.2) is 50.4 Å². The molecule has 0 aromatic carbocycles. The number of carbonyl (C=O) groups is 1. The van der Waals surface area contributed by atoms with E-state index in [1.165, 1.54) is 0 Å². The van der Waals surface area contributed by atoms with E-state index in [2.05, 4.69) is 25.3 Å². The monoisotopic (exact) mass is 355 g/mol. The molecule has 1 unspecified atom stereocenters. The second-order valence-electron chi connectivity index (χ2n) is 6.74. The van der Waals surface area contributed by atoms with E-state index in [9.17, 15) is 4.79 Å². The van der Waals surface area contributed by atoms with Crippen molar-refractivity contribution in [1.29, 1.82) is 0 Å². The molecule has 0 radical (unpaired) electrons. The average molecular weight is 355 g/mol. The van der Waals surface area contributed by atoms with E-state index in [0.29, 0.717) is 18.3 Å². The normalized spacial score (nSPS) is 17.2. The molecule has 2 aromatic rings. The van der Waals surface area contributed by atoms with Crippen molar-refractivity contribution < 1.29 is 4.79 Å². The fourth-order valence-electron chi connectivity index (χ4n) is 3.28. The van der Waals surface area contributed by atoms with Crippen LogP contribution in [0.5, 0.6) is 0 Å². The molecule has 1 aliphatic rings. The smallest absolute Gasteiger partial charge is 0.236 e. The summed E-state index contributed by atoms with van der Waals surface area (Å²) in [6, 6.07) is 3.79. The number of amides is 1. The van der Waals surface area contributed by atoms with Crippen LogP contribution in [0.2, 0.25) is 0 Å². The number of anilines is 2. The number of hydrogen-bond acceptors (Lipinski definition) is 7. The molecule has 1 aliphatic heterocycles. The van der Waals surface area contributed by atoms with Gasteiger partial charge in [0.1, 0.15) is 11.6 Å². The second kappa shape index (κ2) is 7.74. The Morgan fingerprint density at radius 1 is 1.15 bits per heavy atom. The molecule has 138 valence electrons. The van der Waals surface area contributed by atoms with E-state index in [1.807, 2.05) is 32.9 Å². The minimum atomic E-state index is -0.0238. The van der Waals surface area contributed by atoms with Crippen LogP contribution in [0.4, 0.5) is 11.8 Å². The highest BCUT2D eigenvalue weighted by atomic mass is 16.2. The van der Waals surface area contributed by atoms with Gasteiger partial charge in [-0.15, -0.1) is 0 Å². The topological polar surface area (TPSA) is 110 Å². The number of hydrogen-bond donors (Lipinski definition) is 2. The molecule has 2 aromatic heterocycles. The summed E-state index contributed by atoms with van der Waals surface area (Å²) in [7, 11) is 0. The average Bonchev–Trinajstić information content (AvgIpc) is 2.59. The fraction of sp³-hybridized carbons (Fsp3) is 0.500. The van der Waals surface area contributed by atoms with Crippen molar-refractivity contribution in [3.63, 3.8) is 0 Å². The lowest BCUT2D eigenvalue weighted by Crippen LogP contribution is -2.42. The number of nitrogens with zero attached hydrogens (tertiary/aromatic N) is 5. The summed E-state index contributed by atoms with van der Waals surface area (Å²) >= 11 is 0. The third kappa shape index (κ3) is 4.32. The van der Waals surface area contributed by atoms with Gasteiger partial charge in [-0.2, -0.15) is 0 Å². The first-order valence-electron chi connectivity index (χ1n) is 8.87. The van der Waals surface area contributed by atoms with Gasteiger partial charge in [0, 0.05) is 42.2 Å². The maximum Gasteiger partial charge on any atom is 0.236 e. The molecule has 0 saturated carbocycles. The van der Waals surface area contributed by atoms with Gasteiger partial charge in [0.15, 0.2) is 0 Å². The lowest BCUT2D eigenvalue weighted by atomic mass is 9.97. The number of piperidine rings is 1. The van der Waals surface area contributed by atoms with Crippen molar-refractivity contribution in [2.45, 2.75) is 39.5 Å². The van der Waals surface area contributed by atoms with E-state index in [-0.39, 0.29) is 18.4 Å². The Balaban J connectivity index is 1.82. The van der Waals surface area contributed by atoms with Crippen molar-refractivity contribution in [2.24, 2.45) is 5.73 Å². The molecule has 1 fully saturated rings. The van der Waals surface area contributed by atoms with Gasteiger partial charge in [-0.05, 0) is 39.7 Å². The van der Waals surface area contributed by atoms with Gasteiger partial charge >= 0.3 is 0 Å². The van der Waals surface area contributed by atoms with Gasteiger partial charge in [-0.1, -0.05) is 0 Å². The first kappa shape index (κ1) is 18.2. The molecule has 0 spiro atoms. The minimum absolute atomic E-state index is 0.0238. The highest BCUT2D eigenvalue weighted by molar-refractivity contribution is 5.78. The Kier molecular flexibility index (Phi) is 5.41. The summed E-state index contributed by atoms with van der Waals surface area (Å²) in [5.74, 6) is 2.02. The molecule has 1 atom stereocenters. The van der Waals surface area contributed by atoms with Crippen LogP contribution in [0.25, 0.3) is 0 Å². The van der Waals surface area contributed by atoms with E-state index in [4.69, 9.17) is 5.73 Å². The second-order valence-corrected chi connectivity index (χ2v) is 6.74. The molecular weight excluding hydrogens is 330 g/mol. The predicted octanol–water partition coefficient (Wildman–Crippen LogP) is 1.60. The van der Waals surface area contributed by atoms with Crippen LogP contribution in [0.3, 0.4) is 0 Å². The van der Waals surface area contributed by atoms with Gasteiger partial charge < -0.3 is 16.0 Å². The number of aromatic nitrogens is 4. The molecule has 3 rings (SSSR count). The molecule has 26 heavy (non-hydrogen) atoms. The molecular formula is C18H25N7O. The summed E-state index contributed by atoms with van der Waals surface area (Å²) in [4.78, 5) is 31.8. The summed E-state index contributed by atoms with van der Waals surface area (Å²) in [6.45, 7) is 7.20. The highest BCUT2D eigenvalue weighted by Crippen LogP contribution is 2.26. The first-order chi connectivity index (χ1) is 12.4. The van der Waals surface area contributed by atoms with Crippen molar-refractivity contribution in [2.75, 3.05) is 25.0 Å². The quantitative estimate of drug-likeness (QED) is 0.857. The van der Waals surface area contributed by atoms with Crippen LogP contribution in [-0.2, 0) is 4.79 Å². The van der Waals surface area contributed by atoms with Crippen LogP contribution >= 0.6 is 0 Å². The standard InChI is InChI=1S/C18H25N7O/c1-11-7-12(2)22-18(21-11)24-15-8-13(3)20-17(23-15)14-5-4-6-25(10-14)16(26)9-19/h7-8,14H,4-6,9-10,19H2,1-3H3,(H,20,21,22,23,24). The summed E-state index contributed by atoms with van der Waals surface area (Å²) in [5.41, 5.74) is 8.16. The number of rotatable bonds is 4. The molecule has 1 amide bonds. The van der Waals surface area contributed by atoms with Gasteiger partial charge in [0.2, 0.25) is 11.9 Å². The summed E-state index contributed by atoms with van der Waals surface area (Å²) in [5, 5.41) is 3.18. The maximum absolute atomic E-state index is 11.9. The first-order valence-corrected chi connectivity index (χ1v) is 8.87. The van der Waals surface area contributed by atoms with Crippen molar-refractivity contribution in [1.82, 2.24) is 24.8 Å². The number of likely N-dealkylation sites (tertiary alicyclic amines) is 1. The molecule has 8 nitrogen and oxygen atoms in total. The molecule has 3 heterocycles. The summed E-state index contributed by atoms with van der Waals surface area (Å²) in [6.07, 6.45) is 1.88. The van der Waals surface area contributed by atoms with Crippen LogP contribution < -0.4 is 11.1 Å². The van der Waals surface area contributed by atoms with E-state index >= 15 is 0 Å². The predicted molar refractivity (Wildman–Crippen MR) is 99.2 cm³/mol. The Labute approximate surface area is 153 Å². The van der Waals surface area contributed by atoms with Crippen LogP contribution in [0, 0.1) is 20.8 Å². The van der Waals surface area contributed by atoms with Crippen molar-refractivity contribution in [3.05, 3.63) is 35.0 Å². The Bertz CT molecular complexity index is 788. The molecule has 0 aliphatic carbocycles. The number of nitrogens with two attached hydrogens (primary N) is 1. The largest absolute Gasteiger partial charge is 0.341 e. The number of nitrogens with one attached hydrogen (secondary N) is 1. The Morgan fingerprint density at radius 2 is 1.85 bits per heavy atom. The van der Waals surface area contributed by atoms with E-state index in [0.717, 1.165) is 42.3 Å². The molecule has 0 bridgehead atoms. The zero-order valence-corrected chi connectivity index (χ0v) is 15.5. The molecule has 1 saturated heterocycles. The summed E-state index contributed by atoms with van der Waals surface area (Å²) < 4.78 is 0. The van der Waals surface area contributed by atoms with Crippen molar-refractivity contribution >= 4 is 17.7 Å². The molecule has 3 N–H and O–H groups in total. The zero-order chi connectivity index (χ0) is 18.7. The Morgan fingerprint density at radius 3 is 2.54 bits per heavy atom. The van der Waals surface area contributed by atoms with Crippen LogP contribution in [0.1, 0.15) is 41.7 Å². The minimum Gasteiger partial charge on any atom is -0.341 e. The van der Waals surface area contributed by atoms with Crippen LogP contribution in [0.15, 0.2) is 12.1 Å². The lowest BCUT2D eigenvalue weighted by Gasteiger charge is -2.32.